The van der Waals surface area contributed by atoms with Crippen molar-refractivity contribution in [2.24, 2.45) is 0 Å². The van der Waals surface area contributed by atoms with Gasteiger partial charge >= 0.3 is 5.97 Å². The molecule has 1 rings (SSSR count). The number of hydrogen-bond acceptors (Lipinski definition) is 3. The zero-order valence-electron chi connectivity index (χ0n) is 6.71. The molecule has 64 valence electrons. The van der Waals surface area contributed by atoms with Crippen LogP contribution in [0.5, 0.6) is 0 Å². The lowest BCUT2D eigenvalue weighted by molar-refractivity contribution is -0.138. The third-order valence-electron chi connectivity index (χ3n) is 2.05. The summed E-state index contributed by atoms with van der Waals surface area (Å²) in [5.74, 6) is -0.717. The number of carboxylic acids is 1. The van der Waals surface area contributed by atoms with E-state index < -0.39 is 5.97 Å². The normalized spacial score (nSPS) is 26.8. The molecular formula is C7H14N2O2. The molecule has 0 aromatic rings. The number of carbonyl (C=O) groups is 1. The van der Waals surface area contributed by atoms with Gasteiger partial charge < -0.3 is 15.3 Å². The number of carboxylic acid groups (broad SMARTS) is 1. The molecule has 0 saturated carbocycles. The number of likely N-dealkylation sites (N-methyl/N-ethyl adjacent to an activating group) is 1. The van der Waals surface area contributed by atoms with Crippen molar-refractivity contribution in [1.82, 2.24) is 10.2 Å². The van der Waals surface area contributed by atoms with Crippen LogP contribution in [0.4, 0.5) is 0 Å². The molecule has 1 unspecified atom stereocenters. The topological polar surface area (TPSA) is 52.6 Å². The highest BCUT2D eigenvalue weighted by Gasteiger charge is 2.20. The molecule has 0 bridgehead atoms. The second kappa shape index (κ2) is 3.69. The van der Waals surface area contributed by atoms with Crippen LogP contribution in [0.2, 0.25) is 0 Å². The Bertz CT molecular complexity index is 149. The molecule has 1 atom stereocenters. The van der Waals surface area contributed by atoms with Crippen molar-refractivity contribution < 1.29 is 9.90 Å². The van der Waals surface area contributed by atoms with Crippen molar-refractivity contribution in [2.45, 2.75) is 12.5 Å². The van der Waals surface area contributed by atoms with Crippen LogP contribution in [0, 0.1) is 0 Å². The van der Waals surface area contributed by atoms with E-state index in [4.69, 9.17) is 5.11 Å². The van der Waals surface area contributed by atoms with Crippen LogP contribution >= 0.6 is 0 Å². The zero-order valence-corrected chi connectivity index (χ0v) is 6.71. The van der Waals surface area contributed by atoms with E-state index in [-0.39, 0.29) is 12.5 Å². The minimum Gasteiger partial charge on any atom is -0.481 e. The van der Waals surface area contributed by atoms with Crippen LogP contribution in [0.3, 0.4) is 0 Å². The summed E-state index contributed by atoms with van der Waals surface area (Å²) in [6.07, 6.45) is 0.240. The summed E-state index contributed by atoms with van der Waals surface area (Å²) in [4.78, 5) is 12.4. The Morgan fingerprint density at radius 3 is 3.09 bits per heavy atom. The maximum absolute atomic E-state index is 10.4. The molecule has 0 aromatic heterocycles. The molecule has 1 aliphatic heterocycles. The van der Waals surface area contributed by atoms with E-state index in [2.05, 4.69) is 10.2 Å². The van der Waals surface area contributed by atoms with E-state index in [0.717, 1.165) is 19.6 Å². The predicted molar refractivity (Wildman–Crippen MR) is 41.5 cm³/mol. The first-order chi connectivity index (χ1) is 5.20. The summed E-state index contributed by atoms with van der Waals surface area (Å²) in [5, 5.41) is 11.7. The predicted octanol–water partition coefficient (Wildman–Crippen LogP) is -0.635. The van der Waals surface area contributed by atoms with Crippen LogP contribution in [-0.4, -0.2) is 48.7 Å². The number of piperazine rings is 1. The summed E-state index contributed by atoms with van der Waals surface area (Å²) in [7, 11) is 1.97. The van der Waals surface area contributed by atoms with Gasteiger partial charge in [-0.1, -0.05) is 0 Å². The largest absolute Gasteiger partial charge is 0.481 e. The molecule has 1 aliphatic rings. The summed E-state index contributed by atoms with van der Waals surface area (Å²) >= 11 is 0. The maximum atomic E-state index is 10.4. The van der Waals surface area contributed by atoms with E-state index in [9.17, 15) is 4.79 Å². The van der Waals surface area contributed by atoms with Crippen molar-refractivity contribution >= 4 is 5.97 Å². The highest BCUT2D eigenvalue weighted by Crippen LogP contribution is 2.03. The first kappa shape index (κ1) is 8.49. The minimum atomic E-state index is -0.717. The summed E-state index contributed by atoms with van der Waals surface area (Å²) in [6.45, 7) is 2.70. The number of hydrogen-bond donors (Lipinski definition) is 2. The summed E-state index contributed by atoms with van der Waals surface area (Å²) < 4.78 is 0. The fourth-order valence-corrected chi connectivity index (χ4v) is 1.29. The summed E-state index contributed by atoms with van der Waals surface area (Å²) in [6, 6.07) is 0.168. The van der Waals surface area contributed by atoms with Crippen molar-refractivity contribution in [1.29, 1.82) is 0 Å². The van der Waals surface area contributed by atoms with Crippen LogP contribution in [0.15, 0.2) is 0 Å². The highest BCUT2D eigenvalue weighted by atomic mass is 16.4. The van der Waals surface area contributed by atoms with Crippen LogP contribution < -0.4 is 5.32 Å². The van der Waals surface area contributed by atoms with Gasteiger partial charge in [-0.15, -0.1) is 0 Å². The second-order valence-electron chi connectivity index (χ2n) is 2.94. The van der Waals surface area contributed by atoms with Crippen LogP contribution in [-0.2, 0) is 4.79 Å². The molecule has 0 radical (unpaired) electrons. The van der Waals surface area contributed by atoms with Crippen molar-refractivity contribution in [3.63, 3.8) is 0 Å². The number of nitrogens with zero attached hydrogens (tertiary/aromatic N) is 1. The molecule has 2 N–H and O–H groups in total. The molecule has 1 fully saturated rings. The van der Waals surface area contributed by atoms with Gasteiger partial charge in [-0.3, -0.25) is 4.79 Å². The Morgan fingerprint density at radius 2 is 2.55 bits per heavy atom. The first-order valence-electron chi connectivity index (χ1n) is 3.83. The second-order valence-corrected chi connectivity index (χ2v) is 2.94. The lowest BCUT2D eigenvalue weighted by atomic mass is 10.1. The molecule has 0 amide bonds. The Balaban J connectivity index is 2.35. The van der Waals surface area contributed by atoms with Gasteiger partial charge in [0.15, 0.2) is 0 Å². The van der Waals surface area contributed by atoms with Crippen molar-refractivity contribution in [2.75, 3.05) is 26.7 Å². The van der Waals surface area contributed by atoms with Gasteiger partial charge in [0, 0.05) is 25.7 Å². The van der Waals surface area contributed by atoms with E-state index in [1.165, 1.54) is 0 Å². The molecule has 1 heterocycles. The van der Waals surface area contributed by atoms with E-state index >= 15 is 0 Å². The first-order valence-corrected chi connectivity index (χ1v) is 3.83. The fourth-order valence-electron chi connectivity index (χ4n) is 1.29. The molecule has 4 nitrogen and oxygen atoms in total. The summed E-state index contributed by atoms with van der Waals surface area (Å²) in [5.41, 5.74) is 0. The average molecular weight is 158 g/mol. The minimum absolute atomic E-state index is 0.168. The standard InChI is InChI=1S/C7H14N2O2/c1-9-3-2-8-5-6(9)4-7(10)11/h6,8H,2-5H2,1H3,(H,10,11). The van der Waals surface area contributed by atoms with E-state index in [1.807, 2.05) is 7.05 Å². The molecule has 0 aromatic carbocycles. The maximum Gasteiger partial charge on any atom is 0.304 e. The van der Waals surface area contributed by atoms with Gasteiger partial charge in [0.1, 0.15) is 0 Å². The average Bonchev–Trinajstić information content (AvgIpc) is 1.93. The number of rotatable bonds is 2. The quantitative estimate of drug-likeness (QED) is 0.561. The molecule has 1 saturated heterocycles. The Hall–Kier alpha value is -0.610. The number of aliphatic carboxylic acids is 1. The van der Waals surface area contributed by atoms with Gasteiger partial charge in [0.2, 0.25) is 0 Å². The zero-order chi connectivity index (χ0) is 8.27. The van der Waals surface area contributed by atoms with Gasteiger partial charge in [0.05, 0.1) is 6.42 Å². The third kappa shape index (κ3) is 2.48. The molecular weight excluding hydrogens is 144 g/mol. The molecule has 0 aliphatic carbocycles. The van der Waals surface area contributed by atoms with Gasteiger partial charge in [-0.2, -0.15) is 0 Å². The van der Waals surface area contributed by atoms with Crippen molar-refractivity contribution in [3.8, 4) is 0 Å². The molecule has 11 heavy (non-hydrogen) atoms. The van der Waals surface area contributed by atoms with Gasteiger partial charge in [0.25, 0.3) is 0 Å². The van der Waals surface area contributed by atoms with Crippen LogP contribution in [0.1, 0.15) is 6.42 Å². The Labute approximate surface area is 66.2 Å². The lowest BCUT2D eigenvalue weighted by Gasteiger charge is -2.31. The third-order valence-corrected chi connectivity index (χ3v) is 2.05. The lowest BCUT2D eigenvalue weighted by Crippen LogP contribution is -2.49. The Kier molecular flexibility index (Phi) is 2.84. The fraction of sp³-hybridized carbons (Fsp3) is 0.857. The van der Waals surface area contributed by atoms with Gasteiger partial charge in [-0.25, -0.2) is 0 Å². The smallest absolute Gasteiger partial charge is 0.304 e. The monoisotopic (exact) mass is 158 g/mol. The highest BCUT2D eigenvalue weighted by molar-refractivity contribution is 5.67. The van der Waals surface area contributed by atoms with E-state index in [0.29, 0.717) is 0 Å². The number of nitrogens with one attached hydrogen (secondary N) is 1. The van der Waals surface area contributed by atoms with Gasteiger partial charge in [-0.05, 0) is 7.05 Å². The SMILES string of the molecule is CN1CCNCC1CC(=O)O. The van der Waals surface area contributed by atoms with E-state index in [1.54, 1.807) is 0 Å². The molecule has 4 heteroatoms. The van der Waals surface area contributed by atoms with Crippen LogP contribution in [0.25, 0.3) is 0 Å². The molecule has 0 spiro atoms. The Morgan fingerprint density at radius 1 is 1.82 bits per heavy atom. The van der Waals surface area contributed by atoms with Crippen molar-refractivity contribution in [3.05, 3.63) is 0 Å².